The van der Waals surface area contributed by atoms with E-state index in [9.17, 15) is 14.7 Å². The van der Waals surface area contributed by atoms with Gasteiger partial charge in [-0.2, -0.15) is 0 Å². The van der Waals surface area contributed by atoms with E-state index in [0.29, 0.717) is 22.5 Å². The Balaban J connectivity index is 2.23. The molecule has 7 heteroatoms. The molecule has 0 saturated heterocycles. The molecule has 0 fully saturated rings. The van der Waals surface area contributed by atoms with Gasteiger partial charge in [0, 0.05) is 11.4 Å². The predicted molar refractivity (Wildman–Crippen MR) is 123 cm³/mol. The lowest BCUT2D eigenvalue weighted by Gasteiger charge is -2.38. The van der Waals surface area contributed by atoms with E-state index in [-0.39, 0.29) is 18.5 Å². The fourth-order valence-electron chi connectivity index (χ4n) is 3.75. The van der Waals surface area contributed by atoms with E-state index in [1.54, 1.807) is 58.0 Å². The second kappa shape index (κ2) is 10.3. The average molecular weight is 449 g/mol. The third-order valence-corrected chi connectivity index (χ3v) is 5.35. The van der Waals surface area contributed by atoms with Crippen LogP contribution in [-0.2, 0) is 19.7 Å². The third-order valence-electron chi connectivity index (χ3n) is 5.35. The van der Waals surface area contributed by atoms with E-state index >= 15 is 0 Å². The summed E-state index contributed by atoms with van der Waals surface area (Å²) < 4.78 is 11.7. The Bertz CT molecular complexity index is 1040. The van der Waals surface area contributed by atoms with Crippen LogP contribution >= 0.6 is 0 Å². The lowest BCUT2D eigenvalue weighted by Crippen LogP contribution is -2.53. The maximum atomic E-state index is 12.7. The maximum absolute atomic E-state index is 12.7. The number of benzene rings is 2. The van der Waals surface area contributed by atoms with Gasteiger partial charge in [0.2, 0.25) is 6.10 Å². The second-order valence-corrected chi connectivity index (χ2v) is 8.24. The standard InChI is InChI=1S/C26H28N2O5/c1-17(2)24(31)32-16-26(20-11-7-5-8-12-20,21-13-9-6-10-14-21)22(23(29)30)33-25-27-18(3)15-19(4)28-25/h5-15,17,22H,16H2,1-4H3,(H,29,30). The monoisotopic (exact) mass is 448 g/mol. The van der Waals surface area contributed by atoms with E-state index < -0.39 is 23.5 Å². The Morgan fingerprint density at radius 1 is 0.909 bits per heavy atom. The molecule has 1 atom stereocenters. The minimum Gasteiger partial charge on any atom is -0.478 e. The molecular formula is C26H28N2O5. The summed E-state index contributed by atoms with van der Waals surface area (Å²) in [5.41, 5.74) is 1.20. The van der Waals surface area contributed by atoms with Crippen molar-refractivity contribution >= 4 is 11.9 Å². The van der Waals surface area contributed by atoms with Gasteiger partial charge < -0.3 is 14.6 Å². The zero-order chi connectivity index (χ0) is 24.0. The van der Waals surface area contributed by atoms with E-state index in [0.717, 1.165) is 0 Å². The Morgan fingerprint density at radius 3 is 1.82 bits per heavy atom. The fourth-order valence-corrected chi connectivity index (χ4v) is 3.75. The molecule has 0 spiro atoms. The largest absolute Gasteiger partial charge is 0.478 e. The first kappa shape index (κ1) is 23.9. The molecule has 7 nitrogen and oxygen atoms in total. The molecule has 0 bridgehead atoms. The van der Waals surface area contributed by atoms with Gasteiger partial charge in [0.15, 0.2) is 0 Å². The summed E-state index contributed by atoms with van der Waals surface area (Å²) in [6.07, 6.45) is -1.48. The van der Waals surface area contributed by atoms with Gasteiger partial charge in [0.1, 0.15) is 12.0 Å². The Labute approximate surface area is 193 Å². The molecule has 1 aromatic heterocycles. The van der Waals surface area contributed by atoms with Crippen molar-refractivity contribution in [2.75, 3.05) is 6.61 Å². The molecule has 0 aliphatic rings. The van der Waals surface area contributed by atoms with Gasteiger partial charge in [-0.1, -0.05) is 74.5 Å². The van der Waals surface area contributed by atoms with Crippen molar-refractivity contribution in [2.45, 2.75) is 39.2 Å². The van der Waals surface area contributed by atoms with Crippen LogP contribution < -0.4 is 4.74 Å². The minimum atomic E-state index is -1.48. The van der Waals surface area contributed by atoms with Crippen molar-refractivity contribution in [1.82, 2.24) is 9.97 Å². The first-order valence-electron chi connectivity index (χ1n) is 10.7. The molecule has 0 radical (unpaired) electrons. The molecule has 0 aliphatic heterocycles. The number of hydrogen-bond acceptors (Lipinski definition) is 6. The van der Waals surface area contributed by atoms with E-state index in [1.165, 1.54) is 0 Å². The summed E-state index contributed by atoms with van der Waals surface area (Å²) in [4.78, 5) is 33.7. The number of hydrogen-bond donors (Lipinski definition) is 1. The van der Waals surface area contributed by atoms with Crippen LogP contribution in [0.15, 0.2) is 66.7 Å². The molecule has 3 aromatic rings. The highest BCUT2D eigenvalue weighted by Crippen LogP contribution is 2.38. The number of ether oxygens (including phenoxy) is 2. The first-order valence-corrected chi connectivity index (χ1v) is 10.7. The van der Waals surface area contributed by atoms with Crippen LogP contribution in [0.3, 0.4) is 0 Å². The molecule has 1 N–H and O–H groups in total. The normalized spacial score (nSPS) is 12.3. The molecule has 1 heterocycles. The van der Waals surface area contributed by atoms with E-state index in [2.05, 4.69) is 9.97 Å². The first-order chi connectivity index (χ1) is 15.7. The van der Waals surface area contributed by atoms with Crippen molar-refractivity contribution < 1.29 is 24.2 Å². The van der Waals surface area contributed by atoms with E-state index in [4.69, 9.17) is 9.47 Å². The number of aromatic nitrogens is 2. The summed E-state index contributed by atoms with van der Waals surface area (Å²) >= 11 is 0. The Hall–Kier alpha value is -3.74. The lowest BCUT2D eigenvalue weighted by molar-refractivity contribution is -0.156. The van der Waals surface area contributed by atoms with Gasteiger partial charge in [0.25, 0.3) is 0 Å². The lowest BCUT2D eigenvalue weighted by atomic mass is 9.70. The van der Waals surface area contributed by atoms with Gasteiger partial charge in [-0.05, 0) is 31.0 Å². The molecule has 2 aromatic carbocycles. The molecule has 0 saturated carbocycles. The average Bonchev–Trinajstić information content (AvgIpc) is 2.79. The van der Waals surface area contributed by atoms with Gasteiger partial charge in [-0.15, -0.1) is 0 Å². The van der Waals surface area contributed by atoms with Crippen LogP contribution in [0.1, 0.15) is 36.4 Å². The third kappa shape index (κ3) is 5.37. The van der Waals surface area contributed by atoms with Crippen molar-refractivity contribution in [1.29, 1.82) is 0 Å². The van der Waals surface area contributed by atoms with Gasteiger partial charge in [-0.3, -0.25) is 4.79 Å². The number of carbonyl (C=O) groups is 2. The SMILES string of the molecule is Cc1cc(C)nc(OC(C(=O)O)C(COC(=O)C(C)C)(c2ccccc2)c2ccccc2)n1. The van der Waals surface area contributed by atoms with Crippen LogP contribution in [0.25, 0.3) is 0 Å². The molecule has 0 amide bonds. The minimum absolute atomic E-state index is 0.0497. The van der Waals surface area contributed by atoms with Crippen LogP contribution in [0.4, 0.5) is 0 Å². The summed E-state index contributed by atoms with van der Waals surface area (Å²) in [6.45, 7) is 6.78. The molecular weight excluding hydrogens is 420 g/mol. The fraction of sp³-hybridized carbons (Fsp3) is 0.308. The Morgan fingerprint density at radius 2 is 1.39 bits per heavy atom. The second-order valence-electron chi connectivity index (χ2n) is 8.24. The highest BCUT2D eigenvalue weighted by atomic mass is 16.5. The molecule has 0 aliphatic carbocycles. The van der Waals surface area contributed by atoms with Crippen LogP contribution in [0.2, 0.25) is 0 Å². The van der Waals surface area contributed by atoms with Crippen molar-refractivity contribution in [3.63, 3.8) is 0 Å². The Kier molecular flexibility index (Phi) is 7.43. The molecule has 172 valence electrons. The summed E-state index contributed by atoms with van der Waals surface area (Å²) in [5.74, 6) is -2.04. The number of carboxylic acids is 1. The van der Waals surface area contributed by atoms with Crippen LogP contribution in [0.5, 0.6) is 6.01 Å². The smallest absolute Gasteiger partial charge is 0.346 e. The van der Waals surface area contributed by atoms with Gasteiger partial charge in [0.05, 0.1) is 5.92 Å². The van der Waals surface area contributed by atoms with Crippen molar-refractivity contribution in [3.05, 3.63) is 89.2 Å². The number of nitrogens with zero attached hydrogens (tertiary/aromatic N) is 2. The number of carboxylic acid groups (broad SMARTS) is 1. The zero-order valence-corrected chi connectivity index (χ0v) is 19.2. The predicted octanol–water partition coefficient (Wildman–Crippen LogP) is 4.11. The van der Waals surface area contributed by atoms with Crippen molar-refractivity contribution in [3.8, 4) is 6.01 Å². The number of aryl methyl sites for hydroxylation is 2. The number of esters is 1. The molecule has 33 heavy (non-hydrogen) atoms. The number of carbonyl (C=O) groups excluding carboxylic acids is 1. The topological polar surface area (TPSA) is 98.6 Å². The van der Waals surface area contributed by atoms with Crippen molar-refractivity contribution in [2.24, 2.45) is 5.92 Å². The van der Waals surface area contributed by atoms with E-state index in [1.807, 2.05) is 36.4 Å². The van der Waals surface area contributed by atoms with Gasteiger partial charge >= 0.3 is 17.9 Å². The van der Waals surface area contributed by atoms with Gasteiger partial charge in [-0.25, -0.2) is 14.8 Å². The summed E-state index contributed by atoms with van der Waals surface area (Å²) in [5, 5.41) is 10.4. The quantitative estimate of drug-likeness (QED) is 0.492. The highest BCUT2D eigenvalue weighted by molar-refractivity contribution is 5.78. The zero-order valence-electron chi connectivity index (χ0n) is 19.2. The number of aliphatic carboxylic acids is 1. The highest BCUT2D eigenvalue weighted by Gasteiger charge is 2.50. The number of rotatable bonds is 9. The van der Waals surface area contributed by atoms with Crippen LogP contribution in [0, 0.1) is 19.8 Å². The summed E-state index contributed by atoms with van der Waals surface area (Å²) in [6, 6.07) is 19.8. The summed E-state index contributed by atoms with van der Waals surface area (Å²) in [7, 11) is 0. The maximum Gasteiger partial charge on any atom is 0.346 e. The molecule has 1 unspecified atom stereocenters. The molecule has 3 rings (SSSR count). The van der Waals surface area contributed by atoms with Crippen LogP contribution in [-0.4, -0.2) is 39.7 Å².